The molecular formula is C14H17NO6. The number of aromatic amines is 1. The van der Waals surface area contributed by atoms with Gasteiger partial charge in [-0.25, -0.2) is 0 Å². The molecule has 0 bridgehead atoms. The average molecular weight is 295 g/mol. The molecule has 114 valence electrons. The zero-order valence-corrected chi connectivity index (χ0v) is 11.1. The van der Waals surface area contributed by atoms with Crippen LogP contribution in [0.5, 0.6) is 5.75 Å². The first-order valence-electron chi connectivity index (χ1n) is 6.65. The summed E-state index contributed by atoms with van der Waals surface area (Å²) < 4.78 is 10.9. The quantitative estimate of drug-likeness (QED) is 0.514. The number of hydrogen-bond acceptors (Lipinski definition) is 6. The third-order valence-electron chi connectivity index (χ3n) is 3.64. The van der Waals surface area contributed by atoms with Crippen LogP contribution in [0, 0.1) is 0 Å². The lowest BCUT2D eigenvalue weighted by molar-refractivity contribution is -0.277. The molecule has 1 fully saturated rings. The van der Waals surface area contributed by atoms with Crippen molar-refractivity contribution in [3.63, 3.8) is 0 Å². The van der Waals surface area contributed by atoms with Crippen LogP contribution in [-0.4, -0.2) is 62.7 Å². The minimum atomic E-state index is -1.45. The molecule has 1 aliphatic rings. The van der Waals surface area contributed by atoms with E-state index in [1.54, 1.807) is 6.20 Å². The van der Waals surface area contributed by atoms with Crippen LogP contribution in [0.2, 0.25) is 0 Å². The van der Waals surface area contributed by atoms with Gasteiger partial charge in [-0.2, -0.15) is 0 Å². The molecule has 0 radical (unpaired) electrons. The van der Waals surface area contributed by atoms with E-state index in [2.05, 4.69) is 4.98 Å². The molecule has 5 atom stereocenters. The van der Waals surface area contributed by atoms with Gasteiger partial charge in [0.2, 0.25) is 6.29 Å². The number of aliphatic hydroxyl groups excluding tert-OH is 4. The van der Waals surface area contributed by atoms with Crippen LogP contribution >= 0.6 is 0 Å². The average Bonchev–Trinajstić information content (AvgIpc) is 2.91. The highest BCUT2D eigenvalue weighted by Gasteiger charge is 2.44. The van der Waals surface area contributed by atoms with Crippen LogP contribution in [0.15, 0.2) is 30.5 Å². The summed E-state index contributed by atoms with van der Waals surface area (Å²) in [7, 11) is 0. The molecule has 2 aromatic rings. The lowest BCUT2D eigenvalue weighted by Gasteiger charge is -2.39. The van der Waals surface area contributed by atoms with E-state index in [9.17, 15) is 15.3 Å². The van der Waals surface area contributed by atoms with Crippen LogP contribution in [0.1, 0.15) is 0 Å². The van der Waals surface area contributed by atoms with Gasteiger partial charge in [-0.15, -0.1) is 0 Å². The van der Waals surface area contributed by atoms with Gasteiger partial charge in [0.1, 0.15) is 30.2 Å². The smallest absolute Gasteiger partial charge is 0.229 e. The third kappa shape index (κ3) is 2.50. The zero-order chi connectivity index (χ0) is 15.0. The fourth-order valence-electron chi connectivity index (χ4n) is 2.43. The van der Waals surface area contributed by atoms with Crippen molar-refractivity contribution in [2.45, 2.75) is 30.7 Å². The number of H-pyrrole nitrogens is 1. The Hall–Kier alpha value is -1.64. The highest BCUT2D eigenvalue weighted by molar-refractivity contribution is 5.85. The Morgan fingerprint density at radius 3 is 2.62 bits per heavy atom. The molecule has 1 aromatic heterocycles. The summed E-state index contributed by atoms with van der Waals surface area (Å²) >= 11 is 0. The maximum absolute atomic E-state index is 9.94. The predicted octanol–water partition coefficient (Wildman–Crippen LogP) is -0.653. The van der Waals surface area contributed by atoms with Crippen molar-refractivity contribution in [1.29, 1.82) is 0 Å². The molecule has 7 nitrogen and oxygen atoms in total. The molecule has 0 spiro atoms. The largest absolute Gasteiger partial charge is 0.460 e. The SMILES string of the molecule is OCC1O[C@@H](Oc2c[nH]c3ccccc23)C(O)C(O)[C@H]1O. The summed E-state index contributed by atoms with van der Waals surface area (Å²) in [4.78, 5) is 3.01. The monoisotopic (exact) mass is 295 g/mol. The molecule has 0 saturated carbocycles. The fourth-order valence-corrected chi connectivity index (χ4v) is 2.43. The topological polar surface area (TPSA) is 115 Å². The summed E-state index contributed by atoms with van der Waals surface area (Å²) in [6.45, 7) is -0.487. The fraction of sp³-hybridized carbons (Fsp3) is 0.429. The molecular weight excluding hydrogens is 278 g/mol. The Kier molecular flexibility index (Phi) is 3.83. The molecule has 1 aliphatic heterocycles. The first-order valence-corrected chi connectivity index (χ1v) is 6.65. The maximum atomic E-state index is 9.94. The van der Waals surface area contributed by atoms with E-state index in [0.29, 0.717) is 5.75 Å². The van der Waals surface area contributed by atoms with Gasteiger partial charge in [-0.3, -0.25) is 0 Å². The predicted molar refractivity (Wildman–Crippen MR) is 72.7 cm³/mol. The molecule has 21 heavy (non-hydrogen) atoms. The number of ether oxygens (including phenoxy) is 2. The Balaban J connectivity index is 1.83. The van der Waals surface area contributed by atoms with Crippen molar-refractivity contribution in [3.8, 4) is 5.75 Å². The van der Waals surface area contributed by atoms with Crippen LogP contribution in [0.25, 0.3) is 10.9 Å². The van der Waals surface area contributed by atoms with Crippen LogP contribution in [-0.2, 0) is 4.74 Å². The molecule has 0 aliphatic carbocycles. The van der Waals surface area contributed by atoms with Gasteiger partial charge in [-0.05, 0) is 12.1 Å². The van der Waals surface area contributed by atoms with Crippen LogP contribution in [0.3, 0.4) is 0 Å². The van der Waals surface area contributed by atoms with E-state index in [-0.39, 0.29) is 0 Å². The van der Waals surface area contributed by atoms with Crippen molar-refractivity contribution in [1.82, 2.24) is 4.98 Å². The van der Waals surface area contributed by atoms with Crippen molar-refractivity contribution in [2.24, 2.45) is 0 Å². The lowest BCUT2D eigenvalue weighted by Crippen LogP contribution is -2.60. The van der Waals surface area contributed by atoms with Gasteiger partial charge in [0.05, 0.1) is 6.61 Å². The first-order chi connectivity index (χ1) is 10.1. The van der Waals surface area contributed by atoms with E-state index in [0.717, 1.165) is 10.9 Å². The number of benzene rings is 1. The molecule has 5 N–H and O–H groups in total. The number of hydrogen-bond donors (Lipinski definition) is 5. The Morgan fingerprint density at radius 2 is 1.86 bits per heavy atom. The Labute approximate surface area is 120 Å². The van der Waals surface area contributed by atoms with E-state index < -0.39 is 37.3 Å². The van der Waals surface area contributed by atoms with Crippen LogP contribution in [0.4, 0.5) is 0 Å². The second-order valence-corrected chi connectivity index (χ2v) is 5.01. The summed E-state index contributed by atoms with van der Waals surface area (Å²) in [5, 5.41) is 39.3. The van der Waals surface area contributed by atoms with Crippen molar-refractivity contribution in [3.05, 3.63) is 30.5 Å². The van der Waals surface area contributed by atoms with E-state index in [1.165, 1.54) is 0 Å². The second-order valence-electron chi connectivity index (χ2n) is 5.01. The van der Waals surface area contributed by atoms with E-state index in [1.807, 2.05) is 24.3 Å². The van der Waals surface area contributed by atoms with Crippen molar-refractivity contribution in [2.75, 3.05) is 6.61 Å². The Morgan fingerprint density at radius 1 is 1.10 bits per heavy atom. The molecule has 3 unspecified atom stereocenters. The number of aliphatic hydroxyl groups is 4. The third-order valence-corrected chi connectivity index (χ3v) is 3.64. The van der Waals surface area contributed by atoms with Gasteiger partial charge >= 0.3 is 0 Å². The number of aromatic nitrogens is 1. The minimum absolute atomic E-state index is 0.454. The second kappa shape index (κ2) is 5.63. The number of nitrogens with one attached hydrogen (secondary N) is 1. The van der Waals surface area contributed by atoms with Crippen molar-refractivity contribution >= 4 is 10.9 Å². The molecule has 1 saturated heterocycles. The van der Waals surface area contributed by atoms with Gasteiger partial charge in [0, 0.05) is 17.1 Å². The summed E-state index contributed by atoms with van der Waals surface area (Å²) in [6.07, 6.45) is -4.82. The summed E-state index contributed by atoms with van der Waals surface area (Å²) in [5.41, 5.74) is 0.858. The highest BCUT2D eigenvalue weighted by Crippen LogP contribution is 2.29. The van der Waals surface area contributed by atoms with E-state index >= 15 is 0 Å². The molecule has 2 heterocycles. The van der Waals surface area contributed by atoms with Crippen LogP contribution < -0.4 is 4.74 Å². The molecule has 0 amide bonds. The van der Waals surface area contributed by atoms with E-state index in [4.69, 9.17) is 14.6 Å². The zero-order valence-electron chi connectivity index (χ0n) is 11.1. The molecule has 7 heteroatoms. The minimum Gasteiger partial charge on any atom is -0.460 e. The molecule has 1 aromatic carbocycles. The number of para-hydroxylation sites is 1. The lowest BCUT2D eigenvalue weighted by atomic mass is 9.99. The van der Waals surface area contributed by atoms with Gasteiger partial charge in [0.15, 0.2) is 0 Å². The number of rotatable bonds is 3. The first kappa shape index (κ1) is 14.3. The summed E-state index contributed by atoms with van der Waals surface area (Å²) in [6, 6.07) is 7.42. The molecule has 3 rings (SSSR count). The normalized spacial score (nSPS) is 33.2. The standard InChI is InChI=1S/C14H17NO6/c16-6-10-11(17)12(18)13(19)14(21-10)20-9-5-15-8-4-2-1-3-7(8)9/h1-5,10-19H,6H2/t10?,11-,12?,13?,14+/m0/s1. The highest BCUT2D eigenvalue weighted by atomic mass is 16.7. The number of fused-ring (bicyclic) bond motifs is 1. The Bertz CT molecular complexity index is 612. The maximum Gasteiger partial charge on any atom is 0.229 e. The summed E-state index contributed by atoms with van der Waals surface area (Å²) in [5.74, 6) is 0.454. The van der Waals surface area contributed by atoms with Gasteiger partial charge in [-0.1, -0.05) is 12.1 Å². The van der Waals surface area contributed by atoms with Gasteiger partial charge < -0.3 is 34.9 Å². The van der Waals surface area contributed by atoms with Crippen molar-refractivity contribution < 1.29 is 29.9 Å². The van der Waals surface area contributed by atoms with Gasteiger partial charge in [0.25, 0.3) is 0 Å².